The molecule has 0 spiro atoms. The van der Waals surface area contributed by atoms with E-state index in [0.717, 1.165) is 18.9 Å². The number of aromatic nitrogens is 3. The van der Waals surface area contributed by atoms with Gasteiger partial charge in [0.2, 0.25) is 5.16 Å². The Balaban J connectivity index is 1.66. The van der Waals surface area contributed by atoms with Gasteiger partial charge in [0.15, 0.2) is 12.0 Å². The molecule has 0 N–H and O–H groups in total. The van der Waals surface area contributed by atoms with Gasteiger partial charge in [-0.05, 0) is 30.5 Å². The SMILES string of the molecule is Fc1cc(F)cc(C2CC(F)c3nc(SC4CCC4)nn32)c1. The maximum Gasteiger partial charge on any atom is 0.209 e. The predicted octanol–water partition coefficient (Wildman–Crippen LogP) is 4.20. The molecule has 1 aliphatic carbocycles. The second kappa shape index (κ2) is 5.30. The quantitative estimate of drug-likeness (QED) is 0.847. The van der Waals surface area contributed by atoms with Crippen molar-refractivity contribution in [3.05, 3.63) is 41.2 Å². The number of benzene rings is 1. The number of rotatable bonds is 3. The summed E-state index contributed by atoms with van der Waals surface area (Å²) in [5.41, 5.74) is 0.393. The van der Waals surface area contributed by atoms with Crippen LogP contribution >= 0.6 is 11.8 Å². The predicted molar refractivity (Wildman–Crippen MR) is 76.5 cm³/mol. The molecule has 7 heteroatoms. The van der Waals surface area contributed by atoms with Gasteiger partial charge in [0.05, 0.1) is 6.04 Å². The Morgan fingerprint density at radius 2 is 1.86 bits per heavy atom. The third-order valence-electron chi connectivity index (χ3n) is 4.24. The molecule has 2 unspecified atom stereocenters. The highest BCUT2D eigenvalue weighted by Crippen LogP contribution is 2.42. The molecular formula is C15H14F3N3S. The Bertz CT molecular complexity index is 694. The largest absolute Gasteiger partial charge is 0.239 e. The number of thioether (sulfide) groups is 1. The number of nitrogens with zero attached hydrogens (tertiary/aromatic N) is 3. The minimum Gasteiger partial charge on any atom is -0.239 e. The van der Waals surface area contributed by atoms with E-state index in [4.69, 9.17) is 0 Å². The van der Waals surface area contributed by atoms with E-state index in [1.54, 1.807) is 11.8 Å². The van der Waals surface area contributed by atoms with Crippen LogP contribution in [0.5, 0.6) is 0 Å². The topological polar surface area (TPSA) is 30.7 Å². The molecule has 3 nitrogen and oxygen atoms in total. The third kappa shape index (κ3) is 2.41. The second-order valence-corrected chi connectivity index (χ2v) is 7.06. The van der Waals surface area contributed by atoms with Crippen LogP contribution < -0.4 is 0 Å². The summed E-state index contributed by atoms with van der Waals surface area (Å²) in [7, 11) is 0. The minimum atomic E-state index is -1.25. The van der Waals surface area contributed by atoms with Crippen LogP contribution in [-0.2, 0) is 0 Å². The van der Waals surface area contributed by atoms with Gasteiger partial charge in [-0.2, -0.15) is 0 Å². The summed E-state index contributed by atoms with van der Waals surface area (Å²) in [4.78, 5) is 4.27. The van der Waals surface area contributed by atoms with Crippen molar-refractivity contribution in [1.82, 2.24) is 14.8 Å². The van der Waals surface area contributed by atoms with Gasteiger partial charge < -0.3 is 0 Å². The molecule has 22 heavy (non-hydrogen) atoms. The average molecular weight is 325 g/mol. The lowest BCUT2D eigenvalue weighted by Crippen LogP contribution is -2.13. The van der Waals surface area contributed by atoms with E-state index in [-0.39, 0.29) is 12.2 Å². The Morgan fingerprint density at radius 1 is 1.14 bits per heavy atom. The minimum absolute atomic E-state index is 0.118. The first kappa shape index (κ1) is 14.1. The van der Waals surface area contributed by atoms with Crippen LogP contribution in [-0.4, -0.2) is 20.0 Å². The van der Waals surface area contributed by atoms with Gasteiger partial charge in [-0.1, -0.05) is 18.2 Å². The lowest BCUT2D eigenvalue weighted by atomic mass is 10.0. The molecule has 2 aromatic rings. The molecular weight excluding hydrogens is 311 g/mol. The fourth-order valence-electron chi connectivity index (χ4n) is 2.89. The number of fused-ring (bicyclic) bond motifs is 1. The molecule has 1 aliphatic heterocycles. The fraction of sp³-hybridized carbons (Fsp3) is 0.467. The second-order valence-electron chi connectivity index (χ2n) is 5.79. The molecule has 1 aromatic heterocycles. The summed E-state index contributed by atoms with van der Waals surface area (Å²) in [6.45, 7) is 0. The van der Waals surface area contributed by atoms with Crippen molar-refractivity contribution in [3.63, 3.8) is 0 Å². The van der Waals surface area contributed by atoms with E-state index in [1.807, 2.05) is 0 Å². The van der Waals surface area contributed by atoms with Crippen molar-refractivity contribution in [2.24, 2.45) is 0 Å². The monoisotopic (exact) mass is 325 g/mol. The number of hydrogen-bond acceptors (Lipinski definition) is 3. The summed E-state index contributed by atoms with van der Waals surface area (Å²) >= 11 is 1.56. The highest BCUT2D eigenvalue weighted by Gasteiger charge is 2.36. The van der Waals surface area contributed by atoms with Gasteiger partial charge in [0.25, 0.3) is 0 Å². The zero-order valence-electron chi connectivity index (χ0n) is 11.7. The molecule has 0 saturated heterocycles. The van der Waals surface area contributed by atoms with Gasteiger partial charge >= 0.3 is 0 Å². The zero-order valence-corrected chi connectivity index (χ0v) is 12.5. The van der Waals surface area contributed by atoms with E-state index in [9.17, 15) is 13.2 Å². The fourth-order valence-corrected chi connectivity index (χ4v) is 4.04. The average Bonchev–Trinajstić information content (AvgIpc) is 2.94. The summed E-state index contributed by atoms with van der Waals surface area (Å²) < 4.78 is 42.5. The standard InChI is InChI=1S/C15H14F3N3S/c16-9-4-8(5-10(17)6-9)13-7-12(18)14-19-15(20-21(13)14)22-11-2-1-3-11/h4-6,11-13H,1-3,7H2. The van der Waals surface area contributed by atoms with E-state index < -0.39 is 23.8 Å². The molecule has 116 valence electrons. The first-order valence-electron chi connectivity index (χ1n) is 7.33. The van der Waals surface area contributed by atoms with Crippen molar-refractivity contribution in [2.45, 2.75) is 48.3 Å². The number of halogens is 3. The van der Waals surface area contributed by atoms with Crippen molar-refractivity contribution in [2.75, 3.05) is 0 Å². The Hall–Kier alpha value is -1.50. The molecule has 2 aliphatic rings. The van der Waals surface area contributed by atoms with Crippen molar-refractivity contribution in [3.8, 4) is 0 Å². The van der Waals surface area contributed by atoms with E-state index in [0.29, 0.717) is 16.0 Å². The van der Waals surface area contributed by atoms with E-state index in [1.165, 1.54) is 23.2 Å². The lowest BCUT2D eigenvalue weighted by molar-refractivity contribution is 0.326. The molecule has 4 rings (SSSR count). The lowest BCUT2D eigenvalue weighted by Gasteiger charge is -2.22. The molecule has 0 radical (unpaired) electrons. The van der Waals surface area contributed by atoms with Gasteiger partial charge in [-0.15, -0.1) is 5.10 Å². The molecule has 1 aromatic carbocycles. The molecule has 2 atom stereocenters. The van der Waals surface area contributed by atoms with Crippen LogP contribution in [0.15, 0.2) is 23.4 Å². The zero-order chi connectivity index (χ0) is 15.3. The van der Waals surface area contributed by atoms with E-state index in [2.05, 4.69) is 10.1 Å². The van der Waals surface area contributed by atoms with Crippen molar-refractivity contribution in [1.29, 1.82) is 0 Å². The van der Waals surface area contributed by atoms with Crippen LogP contribution in [0.4, 0.5) is 13.2 Å². The summed E-state index contributed by atoms with van der Waals surface area (Å²) in [6.07, 6.45) is 2.34. The van der Waals surface area contributed by atoms with Gasteiger partial charge in [-0.3, -0.25) is 0 Å². The summed E-state index contributed by atoms with van der Waals surface area (Å²) in [5.74, 6) is -1.07. The smallest absolute Gasteiger partial charge is 0.209 e. The summed E-state index contributed by atoms with van der Waals surface area (Å²) in [6, 6.07) is 2.77. The Morgan fingerprint density at radius 3 is 2.50 bits per heavy atom. The van der Waals surface area contributed by atoms with E-state index >= 15 is 0 Å². The molecule has 1 saturated carbocycles. The molecule has 0 bridgehead atoms. The maximum atomic E-state index is 14.2. The van der Waals surface area contributed by atoms with Gasteiger partial charge in [0.1, 0.15) is 11.6 Å². The van der Waals surface area contributed by atoms with Crippen LogP contribution in [0.1, 0.15) is 49.3 Å². The highest BCUT2D eigenvalue weighted by atomic mass is 32.2. The highest BCUT2D eigenvalue weighted by molar-refractivity contribution is 7.99. The Kier molecular flexibility index (Phi) is 3.40. The molecule has 1 fully saturated rings. The van der Waals surface area contributed by atoms with Crippen LogP contribution in [0, 0.1) is 11.6 Å². The number of alkyl halides is 1. The summed E-state index contributed by atoms with van der Waals surface area (Å²) in [5, 5.41) is 5.43. The van der Waals surface area contributed by atoms with Crippen LogP contribution in [0.25, 0.3) is 0 Å². The first-order chi connectivity index (χ1) is 10.6. The van der Waals surface area contributed by atoms with Crippen molar-refractivity contribution >= 4 is 11.8 Å². The normalized spacial score (nSPS) is 24.3. The first-order valence-corrected chi connectivity index (χ1v) is 8.21. The molecule has 2 heterocycles. The van der Waals surface area contributed by atoms with Gasteiger partial charge in [0, 0.05) is 17.7 Å². The number of hydrogen-bond donors (Lipinski definition) is 0. The van der Waals surface area contributed by atoms with Crippen molar-refractivity contribution < 1.29 is 13.2 Å². The third-order valence-corrected chi connectivity index (χ3v) is 5.43. The van der Waals surface area contributed by atoms with Crippen LogP contribution in [0.3, 0.4) is 0 Å². The Labute approximate surface area is 129 Å². The van der Waals surface area contributed by atoms with Crippen LogP contribution in [0.2, 0.25) is 0 Å². The molecule has 0 amide bonds. The van der Waals surface area contributed by atoms with Gasteiger partial charge in [-0.25, -0.2) is 22.8 Å². The maximum absolute atomic E-state index is 14.2.